The van der Waals surface area contributed by atoms with Crippen LogP contribution in [-0.4, -0.2) is 17.3 Å². The number of hydrogen-bond acceptors (Lipinski definition) is 1. The topological polar surface area (TPSA) is 20.3 Å². The Bertz CT molecular complexity index is 566. The van der Waals surface area contributed by atoms with Crippen LogP contribution < -0.4 is 4.90 Å². The van der Waals surface area contributed by atoms with Crippen molar-refractivity contribution < 1.29 is 4.79 Å². The Morgan fingerprint density at radius 3 is 2.73 bits per heavy atom. The van der Waals surface area contributed by atoms with E-state index in [2.05, 4.69) is 11.8 Å². The molecular formula is C18H23Cl2NO. The van der Waals surface area contributed by atoms with Gasteiger partial charge in [0.2, 0.25) is 5.91 Å². The van der Waals surface area contributed by atoms with Gasteiger partial charge in [-0.05, 0) is 48.9 Å². The molecule has 1 fully saturated rings. The summed E-state index contributed by atoms with van der Waals surface area (Å²) in [6.45, 7) is 2.26. The summed E-state index contributed by atoms with van der Waals surface area (Å²) >= 11 is 12.0. The Balaban J connectivity index is 2.09. The normalized spacial score (nSPS) is 23.4. The molecule has 0 bridgehead atoms. The number of rotatable bonds is 2. The third-order valence-corrected chi connectivity index (χ3v) is 5.69. The van der Waals surface area contributed by atoms with Crippen LogP contribution in [0.1, 0.15) is 63.4 Å². The van der Waals surface area contributed by atoms with Gasteiger partial charge in [-0.3, -0.25) is 4.79 Å². The number of carbonyl (C=O) groups is 1. The molecule has 1 heterocycles. The van der Waals surface area contributed by atoms with E-state index in [-0.39, 0.29) is 11.4 Å². The minimum absolute atomic E-state index is 0.0123. The maximum absolute atomic E-state index is 12.8. The maximum atomic E-state index is 12.8. The summed E-state index contributed by atoms with van der Waals surface area (Å²) in [5, 5.41) is 0.745. The average molecular weight is 340 g/mol. The van der Waals surface area contributed by atoms with Crippen LogP contribution in [0.5, 0.6) is 0 Å². The zero-order valence-corrected chi connectivity index (χ0v) is 14.6. The van der Waals surface area contributed by atoms with Gasteiger partial charge in [0.05, 0.1) is 0 Å². The van der Waals surface area contributed by atoms with Crippen molar-refractivity contribution in [2.45, 2.75) is 63.3 Å². The zero-order valence-electron chi connectivity index (χ0n) is 13.1. The van der Waals surface area contributed by atoms with Crippen LogP contribution in [0.4, 0.5) is 5.69 Å². The van der Waals surface area contributed by atoms with Gasteiger partial charge in [0, 0.05) is 28.5 Å². The molecule has 1 aromatic rings. The Morgan fingerprint density at radius 1 is 1.32 bits per heavy atom. The molecule has 2 aliphatic rings. The lowest BCUT2D eigenvalue weighted by Gasteiger charge is -2.52. The molecule has 2 nitrogen and oxygen atoms in total. The van der Waals surface area contributed by atoms with Crippen molar-refractivity contribution in [3.05, 3.63) is 28.8 Å². The first-order chi connectivity index (χ1) is 10.6. The van der Waals surface area contributed by atoms with Crippen LogP contribution >= 0.6 is 23.2 Å². The Hall–Kier alpha value is -0.730. The first-order valence-electron chi connectivity index (χ1n) is 8.26. The molecule has 1 atom stereocenters. The van der Waals surface area contributed by atoms with Gasteiger partial charge in [-0.15, -0.1) is 11.6 Å². The average Bonchev–Trinajstić information content (AvgIpc) is 2.49. The van der Waals surface area contributed by atoms with E-state index in [1.807, 2.05) is 18.2 Å². The molecule has 22 heavy (non-hydrogen) atoms. The number of anilines is 1. The summed E-state index contributed by atoms with van der Waals surface area (Å²) in [6.07, 6.45) is 7.34. The summed E-state index contributed by atoms with van der Waals surface area (Å²) in [7, 11) is 0. The van der Waals surface area contributed by atoms with Crippen molar-refractivity contribution in [3.63, 3.8) is 0 Å². The molecule has 1 aliphatic heterocycles. The highest BCUT2D eigenvalue weighted by Gasteiger charge is 2.46. The minimum Gasteiger partial charge on any atom is -0.306 e. The summed E-state index contributed by atoms with van der Waals surface area (Å²) in [4.78, 5) is 14.9. The van der Waals surface area contributed by atoms with E-state index in [1.165, 1.54) is 24.8 Å². The van der Waals surface area contributed by atoms with E-state index in [0.717, 1.165) is 30.0 Å². The van der Waals surface area contributed by atoms with Gasteiger partial charge in [0.15, 0.2) is 0 Å². The largest absolute Gasteiger partial charge is 0.306 e. The molecule has 4 heteroatoms. The van der Waals surface area contributed by atoms with E-state index in [1.54, 1.807) is 0 Å². The van der Waals surface area contributed by atoms with E-state index in [4.69, 9.17) is 23.2 Å². The second kappa shape index (κ2) is 6.41. The minimum atomic E-state index is -0.0123. The van der Waals surface area contributed by atoms with E-state index >= 15 is 0 Å². The Labute approximate surface area is 142 Å². The fraction of sp³-hybridized carbons (Fsp3) is 0.611. The number of alkyl halides is 1. The van der Waals surface area contributed by atoms with Gasteiger partial charge < -0.3 is 4.90 Å². The van der Waals surface area contributed by atoms with Gasteiger partial charge in [0.25, 0.3) is 0 Å². The standard InChI is InChI=1S/C18H23Cl2NO/c1-13-12-18(8-3-2-4-9-18)21(17(22)7-10-19)16-6-5-14(20)11-15(13)16/h5-6,11,13H,2-4,7-10,12H2,1H3. The number of fused-ring (bicyclic) bond motifs is 1. The predicted octanol–water partition coefficient (Wildman–Crippen LogP) is 5.51. The molecule has 0 N–H and O–H groups in total. The van der Waals surface area contributed by atoms with Crippen LogP contribution in [0.2, 0.25) is 5.02 Å². The van der Waals surface area contributed by atoms with Crippen LogP contribution in [0.25, 0.3) is 0 Å². The van der Waals surface area contributed by atoms with Gasteiger partial charge in [-0.25, -0.2) is 0 Å². The molecule has 0 saturated heterocycles. The molecule has 0 radical (unpaired) electrons. The van der Waals surface area contributed by atoms with Crippen LogP contribution in [-0.2, 0) is 4.79 Å². The highest BCUT2D eigenvalue weighted by molar-refractivity contribution is 6.30. The summed E-state index contributed by atoms with van der Waals surface area (Å²) in [5.74, 6) is 0.975. The van der Waals surface area contributed by atoms with E-state index < -0.39 is 0 Å². The molecule has 1 spiro atoms. The monoisotopic (exact) mass is 339 g/mol. The molecule has 1 aliphatic carbocycles. The van der Waals surface area contributed by atoms with Gasteiger partial charge in [-0.1, -0.05) is 37.8 Å². The number of benzene rings is 1. The van der Waals surface area contributed by atoms with E-state index in [0.29, 0.717) is 18.2 Å². The first kappa shape index (κ1) is 16.1. The van der Waals surface area contributed by atoms with Gasteiger partial charge in [-0.2, -0.15) is 0 Å². The van der Waals surface area contributed by atoms with Gasteiger partial charge >= 0.3 is 0 Å². The van der Waals surface area contributed by atoms with Crippen molar-refractivity contribution >= 4 is 34.8 Å². The highest BCUT2D eigenvalue weighted by atomic mass is 35.5. The molecular weight excluding hydrogens is 317 g/mol. The predicted molar refractivity (Wildman–Crippen MR) is 93.1 cm³/mol. The number of hydrogen-bond donors (Lipinski definition) is 0. The fourth-order valence-corrected chi connectivity index (χ4v) is 4.72. The lowest BCUT2D eigenvalue weighted by molar-refractivity contribution is -0.120. The first-order valence-corrected chi connectivity index (χ1v) is 9.17. The fourth-order valence-electron chi connectivity index (χ4n) is 4.38. The van der Waals surface area contributed by atoms with Crippen molar-refractivity contribution in [2.24, 2.45) is 0 Å². The zero-order chi connectivity index (χ0) is 15.7. The SMILES string of the molecule is CC1CC2(CCCCC2)N(C(=O)CCCl)c2ccc(Cl)cc21. The third kappa shape index (κ3) is 2.76. The molecule has 1 saturated carbocycles. The summed E-state index contributed by atoms with van der Waals surface area (Å²) in [5.41, 5.74) is 2.24. The summed E-state index contributed by atoms with van der Waals surface area (Å²) in [6, 6.07) is 5.95. The number of amides is 1. The lowest BCUT2D eigenvalue weighted by Crippen LogP contribution is -2.56. The molecule has 3 rings (SSSR count). The molecule has 1 aromatic carbocycles. The molecule has 1 amide bonds. The van der Waals surface area contributed by atoms with Crippen molar-refractivity contribution in [1.82, 2.24) is 0 Å². The molecule has 120 valence electrons. The number of carbonyl (C=O) groups excluding carboxylic acids is 1. The highest BCUT2D eigenvalue weighted by Crippen LogP contribution is 2.50. The Kier molecular flexibility index (Phi) is 4.70. The lowest BCUT2D eigenvalue weighted by atomic mass is 9.70. The van der Waals surface area contributed by atoms with Crippen molar-refractivity contribution in [2.75, 3.05) is 10.8 Å². The second-order valence-electron chi connectivity index (χ2n) is 6.76. The number of nitrogens with zero attached hydrogens (tertiary/aromatic N) is 1. The molecule has 0 aromatic heterocycles. The van der Waals surface area contributed by atoms with E-state index in [9.17, 15) is 4.79 Å². The van der Waals surface area contributed by atoms with Gasteiger partial charge in [0.1, 0.15) is 0 Å². The number of halogens is 2. The van der Waals surface area contributed by atoms with Crippen molar-refractivity contribution in [3.8, 4) is 0 Å². The smallest absolute Gasteiger partial charge is 0.228 e. The second-order valence-corrected chi connectivity index (χ2v) is 7.58. The van der Waals surface area contributed by atoms with Crippen molar-refractivity contribution in [1.29, 1.82) is 0 Å². The summed E-state index contributed by atoms with van der Waals surface area (Å²) < 4.78 is 0. The van der Waals surface area contributed by atoms with Crippen LogP contribution in [0, 0.1) is 0 Å². The van der Waals surface area contributed by atoms with Crippen LogP contribution in [0.15, 0.2) is 18.2 Å². The Morgan fingerprint density at radius 2 is 2.05 bits per heavy atom. The maximum Gasteiger partial charge on any atom is 0.228 e. The quantitative estimate of drug-likeness (QED) is 0.650. The third-order valence-electron chi connectivity index (χ3n) is 5.26. The van der Waals surface area contributed by atoms with Crippen LogP contribution in [0.3, 0.4) is 0 Å². The molecule has 1 unspecified atom stereocenters.